The summed E-state index contributed by atoms with van der Waals surface area (Å²) in [5.74, 6) is -0.150. The van der Waals surface area contributed by atoms with Gasteiger partial charge in [0, 0.05) is 12.6 Å². The summed E-state index contributed by atoms with van der Waals surface area (Å²) in [6, 6.07) is 0.230. The van der Waals surface area contributed by atoms with Crippen LogP contribution in [0.15, 0.2) is 0 Å². The zero-order chi connectivity index (χ0) is 16.4. The van der Waals surface area contributed by atoms with E-state index in [1.807, 2.05) is 0 Å². The predicted octanol–water partition coefficient (Wildman–Crippen LogP) is 2.82. The van der Waals surface area contributed by atoms with Gasteiger partial charge in [0.05, 0.1) is 0 Å². The largest absolute Gasteiger partial charge is 0.454 e. The van der Waals surface area contributed by atoms with E-state index >= 15 is 0 Å². The van der Waals surface area contributed by atoms with E-state index in [1.54, 1.807) is 6.92 Å². The molecule has 0 aromatic heterocycles. The first-order valence-corrected chi connectivity index (χ1v) is 8.56. The molecule has 1 rings (SSSR count). The third-order valence-electron chi connectivity index (χ3n) is 3.96. The second-order valence-corrected chi connectivity index (χ2v) is 6.56. The van der Waals surface area contributed by atoms with E-state index in [2.05, 4.69) is 19.2 Å². The Hall–Kier alpha value is -1.10. The highest BCUT2D eigenvalue weighted by Crippen LogP contribution is 2.17. The van der Waals surface area contributed by atoms with E-state index in [9.17, 15) is 9.59 Å². The van der Waals surface area contributed by atoms with Crippen molar-refractivity contribution in [3.8, 4) is 0 Å². The van der Waals surface area contributed by atoms with Gasteiger partial charge < -0.3 is 14.8 Å². The summed E-state index contributed by atoms with van der Waals surface area (Å²) in [6.45, 7) is 6.18. The Kier molecular flexibility index (Phi) is 9.13. The van der Waals surface area contributed by atoms with Crippen LogP contribution in [0.4, 0.5) is 0 Å². The van der Waals surface area contributed by atoms with Crippen molar-refractivity contribution in [3.05, 3.63) is 0 Å². The lowest BCUT2D eigenvalue weighted by Gasteiger charge is -2.17. The summed E-state index contributed by atoms with van der Waals surface area (Å²) in [6.07, 6.45) is 7.13. The van der Waals surface area contributed by atoms with Gasteiger partial charge in [0.1, 0.15) is 0 Å². The number of hydrogen-bond donors (Lipinski definition) is 1. The van der Waals surface area contributed by atoms with Gasteiger partial charge in [0.25, 0.3) is 5.91 Å². The zero-order valence-electron chi connectivity index (χ0n) is 14.2. The lowest BCUT2D eigenvalue weighted by Crippen LogP contribution is -2.38. The van der Waals surface area contributed by atoms with E-state index in [4.69, 9.17) is 9.47 Å². The van der Waals surface area contributed by atoms with Gasteiger partial charge in [-0.25, -0.2) is 4.79 Å². The van der Waals surface area contributed by atoms with Gasteiger partial charge in [-0.2, -0.15) is 0 Å². The number of carbonyl (C=O) groups is 2. The maximum Gasteiger partial charge on any atom is 0.335 e. The number of nitrogens with one attached hydrogen (secondary N) is 1. The maximum absolute atomic E-state index is 11.8. The van der Waals surface area contributed by atoms with Gasteiger partial charge in [0.15, 0.2) is 12.7 Å². The SMILES string of the molecule is CC(C)CCOC(C)C(=O)OCC(=O)NC1CCCCCC1. The third-order valence-corrected chi connectivity index (χ3v) is 3.96. The van der Waals surface area contributed by atoms with Gasteiger partial charge in [-0.05, 0) is 32.1 Å². The van der Waals surface area contributed by atoms with Crippen LogP contribution >= 0.6 is 0 Å². The molecule has 1 saturated carbocycles. The molecule has 0 aliphatic heterocycles. The van der Waals surface area contributed by atoms with Crippen molar-refractivity contribution in [1.82, 2.24) is 5.32 Å². The maximum atomic E-state index is 11.8. The molecule has 1 aliphatic carbocycles. The van der Waals surface area contributed by atoms with Crippen LogP contribution in [0.25, 0.3) is 0 Å². The molecule has 128 valence electrons. The molecule has 0 radical (unpaired) electrons. The van der Waals surface area contributed by atoms with Gasteiger partial charge in [-0.15, -0.1) is 0 Å². The first-order valence-electron chi connectivity index (χ1n) is 8.56. The molecule has 0 aromatic rings. The van der Waals surface area contributed by atoms with Gasteiger partial charge >= 0.3 is 5.97 Å². The van der Waals surface area contributed by atoms with Crippen LogP contribution < -0.4 is 5.32 Å². The normalized spacial score (nSPS) is 17.8. The Bertz CT molecular complexity index is 336. The fourth-order valence-electron chi connectivity index (χ4n) is 2.50. The van der Waals surface area contributed by atoms with Crippen molar-refractivity contribution < 1.29 is 19.1 Å². The Labute approximate surface area is 134 Å². The van der Waals surface area contributed by atoms with Crippen molar-refractivity contribution in [1.29, 1.82) is 0 Å². The predicted molar refractivity (Wildman–Crippen MR) is 85.5 cm³/mol. The Morgan fingerprint density at radius 3 is 2.32 bits per heavy atom. The number of esters is 1. The number of carbonyl (C=O) groups excluding carboxylic acids is 2. The molecule has 0 heterocycles. The molecule has 1 unspecified atom stereocenters. The van der Waals surface area contributed by atoms with Crippen molar-refractivity contribution in [3.63, 3.8) is 0 Å². The summed E-state index contributed by atoms with van der Waals surface area (Å²) >= 11 is 0. The van der Waals surface area contributed by atoms with E-state index < -0.39 is 12.1 Å². The average Bonchev–Trinajstić information content (AvgIpc) is 2.72. The molecular formula is C17H31NO4. The second-order valence-electron chi connectivity index (χ2n) is 6.56. The molecule has 0 aromatic carbocycles. The molecule has 0 spiro atoms. The minimum absolute atomic E-state index is 0.213. The summed E-state index contributed by atoms with van der Waals surface area (Å²) in [5, 5.41) is 2.95. The quantitative estimate of drug-likeness (QED) is 0.553. The first kappa shape index (κ1) is 18.9. The number of rotatable bonds is 8. The highest BCUT2D eigenvalue weighted by Gasteiger charge is 2.19. The van der Waals surface area contributed by atoms with Crippen molar-refractivity contribution in [2.75, 3.05) is 13.2 Å². The van der Waals surface area contributed by atoms with Gasteiger partial charge in [-0.3, -0.25) is 4.79 Å². The molecule has 0 bridgehead atoms. The molecule has 1 aliphatic rings. The van der Waals surface area contributed by atoms with E-state index in [0.717, 1.165) is 32.1 Å². The zero-order valence-corrected chi connectivity index (χ0v) is 14.2. The first-order chi connectivity index (χ1) is 10.5. The topological polar surface area (TPSA) is 64.6 Å². The molecule has 22 heavy (non-hydrogen) atoms. The highest BCUT2D eigenvalue weighted by atomic mass is 16.6. The number of amides is 1. The minimum Gasteiger partial charge on any atom is -0.454 e. The molecule has 1 fully saturated rings. The van der Waals surface area contributed by atoms with E-state index in [-0.39, 0.29) is 18.6 Å². The third kappa shape index (κ3) is 8.37. The van der Waals surface area contributed by atoms with Crippen LogP contribution in [0.1, 0.15) is 65.7 Å². The lowest BCUT2D eigenvalue weighted by atomic mass is 10.1. The van der Waals surface area contributed by atoms with Crippen LogP contribution in [0, 0.1) is 5.92 Å². The van der Waals surface area contributed by atoms with Crippen LogP contribution in [0.2, 0.25) is 0 Å². The molecule has 5 heteroatoms. The average molecular weight is 313 g/mol. The second kappa shape index (κ2) is 10.6. The van der Waals surface area contributed by atoms with E-state index in [0.29, 0.717) is 12.5 Å². The van der Waals surface area contributed by atoms with Crippen molar-refractivity contribution in [2.24, 2.45) is 5.92 Å². The fourth-order valence-corrected chi connectivity index (χ4v) is 2.50. The van der Waals surface area contributed by atoms with Crippen molar-refractivity contribution >= 4 is 11.9 Å². The van der Waals surface area contributed by atoms with Gasteiger partial charge in [0.2, 0.25) is 0 Å². The summed E-state index contributed by atoms with van der Waals surface area (Å²) < 4.78 is 10.4. The molecular weight excluding hydrogens is 282 g/mol. The highest BCUT2D eigenvalue weighted by molar-refractivity contribution is 5.82. The Balaban J connectivity index is 2.17. The van der Waals surface area contributed by atoms with Crippen LogP contribution in [0.5, 0.6) is 0 Å². The Morgan fingerprint density at radius 1 is 1.09 bits per heavy atom. The molecule has 0 saturated heterocycles. The summed E-state index contributed by atoms with van der Waals surface area (Å²) in [5.41, 5.74) is 0. The van der Waals surface area contributed by atoms with E-state index in [1.165, 1.54) is 12.8 Å². The smallest absolute Gasteiger partial charge is 0.335 e. The molecule has 1 amide bonds. The Morgan fingerprint density at radius 2 is 1.73 bits per heavy atom. The van der Waals surface area contributed by atoms with Crippen LogP contribution in [-0.2, 0) is 19.1 Å². The molecule has 5 nitrogen and oxygen atoms in total. The standard InChI is InChI=1S/C17H31NO4/c1-13(2)10-11-21-14(3)17(20)22-12-16(19)18-15-8-6-4-5-7-9-15/h13-15H,4-12H2,1-3H3,(H,18,19). The lowest BCUT2D eigenvalue weighted by molar-refractivity contribution is -0.159. The summed E-state index contributed by atoms with van der Waals surface area (Å²) in [4.78, 5) is 23.6. The number of hydrogen-bond acceptors (Lipinski definition) is 4. The number of ether oxygens (including phenoxy) is 2. The molecule has 1 atom stereocenters. The van der Waals surface area contributed by atoms with Crippen molar-refractivity contribution in [2.45, 2.75) is 77.9 Å². The van der Waals surface area contributed by atoms with Crippen LogP contribution in [-0.4, -0.2) is 37.2 Å². The van der Waals surface area contributed by atoms with Crippen LogP contribution in [0.3, 0.4) is 0 Å². The monoisotopic (exact) mass is 313 g/mol. The summed E-state index contributed by atoms with van der Waals surface area (Å²) in [7, 11) is 0. The minimum atomic E-state index is -0.621. The van der Waals surface area contributed by atoms with Gasteiger partial charge in [-0.1, -0.05) is 39.5 Å². The fraction of sp³-hybridized carbons (Fsp3) is 0.882. The molecule has 1 N–H and O–H groups in total.